The molecular formula is C35H30N2O7S. The Morgan fingerprint density at radius 2 is 1.69 bits per heavy atom. The Bertz CT molecular complexity index is 1920. The number of Topliss-reactive ketones (excluding diaryl/α,β-unsaturated/α-hetero) is 1. The highest BCUT2D eigenvalue weighted by atomic mass is 32.1. The van der Waals surface area contributed by atoms with Gasteiger partial charge in [0.25, 0.3) is 5.78 Å². The number of carbonyl (C=O) groups is 2. The number of benzene rings is 4. The predicted molar refractivity (Wildman–Crippen MR) is 172 cm³/mol. The Morgan fingerprint density at radius 3 is 2.44 bits per heavy atom. The summed E-state index contributed by atoms with van der Waals surface area (Å²) in [4.78, 5) is 33.6. The van der Waals surface area contributed by atoms with E-state index in [2.05, 4.69) is 0 Å². The van der Waals surface area contributed by atoms with E-state index in [9.17, 15) is 14.7 Å². The number of rotatable bonds is 10. The number of hydrogen-bond acceptors (Lipinski definition) is 9. The standard InChI is InChI=1S/C35H30N2O7S/c1-4-43-25-12-8-11-23(17-25)32(38)30-31(22-13-16-27(28(18-22)42-3)44-20-21-9-6-5-7-10-21)37(34(40)33(30)39)35-36-26-15-14-24(41-2)19-29(26)45-35/h5-19,31,38H,4,20H2,1-3H3/b32-30+. The Hall–Kier alpha value is -5.35. The summed E-state index contributed by atoms with van der Waals surface area (Å²) in [6.45, 7) is 2.60. The van der Waals surface area contributed by atoms with Gasteiger partial charge in [-0.1, -0.05) is 59.9 Å². The second-order valence-corrected chi connectivity index (χ2v) is 11.2. The third-order valence-corrected chi connectivity index (χ3v) is 8.41. The highest BCUT2D eigenvalue weighted by Gasteiger charge is 2.48. The molecule has 0 aliphatic carbocycles. The number of ketones is 1. The molecule has 1 N–H and O–H groups in total. The number of ether oxygens (including phenoxy) is 4. The number of hydrogen-bond donors (Lipinski definition) is 1. The van der Waals surface area contributed by atoms with E-state index in [0.717, 1.165) is 10.3 Å². The predicted octanol–water partition coefficient (Wildman–Crippen LogP) is 6.92. The van der Waals surface area contributed by atoms with Crippen LogP contribution in [-0.2, 0) is 16.2 Å². The van der Waals surface area contributed by atoms with Crippen molar-refractivity contribution < 1.29 is 33.6 Å². The maximum Gasteiger partial charge on any atom is 0.301 e. The molecule has 10 heteroatoms. The monoisotopic (exact) mass is 622 g/mol. The van der Waals surface area contributed by atoms with Gasteiger partial charge < -0.3 is 24.1 Å². The Balaban J connectivity index is 1.48. The Morgan fingerprint density at radius 1 is 0.867 bits per heavy atom. The van der Waals surface area contributed by atoms with Gasteiger partial charge in [-0.3, -0.25) is 14.5 Å². The van der Waals surface area contributed by atoms with Gasteiger partial charge in [0.2, 0.25) is 0 Å². The Kier molecular flexibility index (Phi) is 8.39. The zero-order chi connectivity index (χ0) is 31.5. The zero-order valence-corrected chi connectivity index (χ0v) is 25.7. The van der Waals surface area contributed by atoms with E-state index >= 15 is 0 Å². The molecule has 4 aromatic carbocycles. The second-order valence-electron chi connectivity index (χ2n) is 10.1. The summed E-state index contributed by atoms with van der Waals surface area (Å²) < 4.78 is 23.5. The number of aliphatic hydroxyl groups excluding tert-OH is 1. The van der Waals surface area contributed by atoms with Crippen LogP contribution >= 0.6 is 11.3 Å². The van der Waals surface area contributed by atoms with Crippen LogP contribution in [0.15, 0.2) is 96.6 Å². The molecule has 1 unspecified atom stereocenters. The molecule has 1 aliphatic heterocycles. The van der Waals surface area contributed by atoms with Crippen molar-refractivity contribution in [2.24, 2.45) is 0 Å². The van der Waals surface area contributed by atoms with Crippen LogP contribution < -0.4 is 23.8 Å². The molecule has 0 spiro atoms. The Labute approximate surface area is 263 Å². The lowest BCUT2D eigenvalue weighted by Gasteiger charge is -2.24. The van der Waals surface area contributed by atoms with Gasteiger partial charge in [-0.15, -0.1) is 0 Å². The fourth-order valence-electron chi connectivity index (χ4n) is 5.23. The molecule has 45 heavy (non-hydrogen) atoms. The minimum Gasteiger partial charge on any atom is -0.507 e. The highest BCUT2D eigenvalue weighted by molar-refractivity contribution is 7.22. The van der Waals surface area contributed by atoms with Gasteiger partial charge in [0.15, 0.2) is 16.6 Å². The average Bonchev–Trinajstić information content (AvgIpc) is 3.61. The topological polar surface area (TPSA) is 107 Å². The van der Waals surface area contributed by atoms with Crippen molar-refractivity contribution >= 4 is 44.1 Å². The van der Waals surface area contributed by atoms with E-state index in [4.69, 9.17) is 23.9 Å². The van der Waals surface area contributed by atoms with Crippen molar-refractivity contribution in [3.63, 3.8) is 0 Å². The van der Waals surface area contributed by atoms with Gasteiger partial charge in [-0.25, -0.2) is 4.98 Å². The van der Waals surface area contributed by atoms with E-state index in [1.54, 1.807) is 61.7 Å². The molecule has 0 saturated carbocycles. The summed E-state index contributed by atoms with van der Waals surface area (Å²) in [5, 5.41) is 11.9. The molecule has 6 rings (SSSR count). The number of nitrogens with zero attached hydrogens (tertiary/aromatic N) is 2. The number of methoxy groups -OCH3 is 2. The lowest BCUT2D eigenvalue weighted by molar-refractivity contribution is -0.132. The number of thiazole rings is 1. The summed E-state index contributed by atoms with van der Waals surface area (Å²) in [5.74, 6) is 0.0836. The minimum atomic E-state index is -1.01. The average molecular weight is 623 g/mol. The first kappa shape index (κ1) is 29.7. The molecule has 2 heterocycles. The molecule has 1 saturated heterocycles. The smallest absolute Gasteiger partial charge is 0.301 e. The summed E-state index contributed by atoms with van der Waals surface area (Å²) in [7, 11) is 3.09. The van der Waals surface area contributed by atoms with Crippen LogP contribution in [0.3, 0.4) is 0 Å². The molecule has 0 bridgehead atoms. The summed E-state index contributed by atoms with van der Waals surface area (Å²) in [6.07, 6.45) is 0. The molecule has 0 radical (unpaired) electrons. The van der Waals surface area contributed by atoms with E-state index in [1.165, 1.54) is 23.3 Å². The number of amides is 1. The van der Waals surface area contributed by atoms with Gasteiger partial charge in [-0.05, 0) is 60.5 Å². The molecule has 228 valence electrons. The molecule has 1 aromatic heterocycles. The zero-order valence-electron chi connectivity index (χ0n) is 24.9. The fourth-order valence-corrected chi connectivity index (χ4v) is 6.25. The van der Waals surface area contributed by atoms with Crippen molar-refractivity contribution in [3.05, 3.63) is 113 Å². The summed E-state index contributed by atoms with van der Waals surface area (Å²) in [6, 6.07) is 26.1. The number of aliphatic hydroxyl groups is 1. The third kappa shape index (κ3) is 5.80. The number of aromatic nitrogens is 1. The van der Waals surface area contributed by atoms with E-state index in [-0.39, 0.29) is 11.3 Å². The fraction of sp³-hybridized carbons (Fsp3) is 0.171. The first-order chi connectivity index (χ1) is 21.9. The molecular weight excluding hydrogens is 592 g/mol. The second kappa shape index (κ2) is 12.7. The van der Waals surface area contributed by atoms with Crippen LogP contribution in [0.1, 0.15) is 29.7 Å². The van der Waals surface area contributed by atoms with Crippen molar-refractivity contribution in [2.75, 3.05) is 25.7 Å². The summed E-state index contributed by atoms with van der Waals surface area (Å²) >= 11 is 1.25. The lowest BCUT2D eigenvalue weighted by Crippen LogP contribution is -2.29. The van der Waals surface area contributed by atoms with Crippen LogP contribution in [0.2, 0.25) is 0 Å². The van der Waals surface area contributed by atoms with E-state index < -0.39 is 17.7 Å². The van der Waals surface area contributed by atoms with Gasteiger partial charge in [-0.2, -0.15) is 0 Å². The van der Waals surface area contributed by atoms with Gasteiger partial charge in [0.05, 0.1) is 42.7 Å². The SMILES string of the molecule is CCOc1cccc(/C(O)=C2\C(=O)C(=O)N(c3nc4ccc(OC)cc4s3)C2c2ccc(OCc3ccccc3)c(OC)c2)c1. The van der Waals surface area contributed by atoms with E-state index in [0.29, 0.717) is 58.0 Å². The van der Waals surface area contributed by atoms with Gasteiger partial charge >= 0.3 is 5.91 Å². The largest absolute Gasteiger partial charge is 0.507 e. The normalized spacial score (nSPS) is 15.8. The maximum absolute atomic E-state index is 13.8. The van der Waals surface area contributed by atoms with Crippen molar-refractivity contribution in [2.45, 2.75) is 19.6 Å². The molecule has 1 aliphatic rings. The maximum atomic E-state index is 13.8. The molecule has 1 amide bonds. The first-order valence-electron chi connectivity index (χ1n) is 14.2. The van der Waals surface area contributed by atoms with Crippen LogP contribution in [-0.4, -0.2) is 42.6 Å². The van der Waals surface area contributed by atoms with Gasteiger partial charge in [0.1, 0.15) is 23.9 Å². The molecule has 5 aromatic rings. The quantitative estimate of drug-likeness (QED) is 0.102. The molecule has 1 fully saturated rings. The van der Waals surface area contributed by atoms with E-state index in [1.807, 2.05) is 43.3 Å². The lowest BCUT2D eigenvalue weighted by atomic mass is 9.95. The van der Waals surface area contributed by atoms with Crippen LogP contribution in [0.4, 0.5) is 5.13 Å². The third-order valence-electron chi connectivity index (χ3n) is 7.39. The highest BCUT2D eigenvalue weighted by Crippen LogP contribution is 2.46. The molecule has 9 nitrogen and oxygen atoms in total. The minimum absolute atomic E-state index is 0.0782. The number of anilines is 1. The van der Waals surface area contributed by atoms with Crippen molar-refractivity contribution in [3.8, 4) is 23.0 Å². The van der Waals surface area contributed by atoms with Crippen LogP contribution in [0.5, 0.6) is 23.0 Å². The summed E-state index contributed by atoms with van der Waals surface area (Å²) in [5.41, 5.74) is 2.41. The number of fused-ring (bicyclic) bond motifs is 1. The van der Waals surface area contributed by atoms with Crippen molar-refractivity contribution in [1.82, 2.24) is 4.98 Å². The number of carbonyl (C=O) groups excluding carboxylic acids is 2. The van der Waals surface area contributed by atoms with Crippen molar-refractivity contribution in [1.29, 1.82) is 0 Å². The van der Waals surface area contributed by atoms with Crippen LogP contribution in [0.25, 0.3) is 16.0 Å². The first-order valence-corrected chi connectivity index (χ1v) is 15.1. The van der Waals surface area contributed by atoms with Gasteiger partial charge in [0, 0.05) is 5.56 Å². The van der Waals surface area contributed by atoms with Crippen LogP contribution in [0, 0.1) is 0 Å². The molecule has 1 atom stereocenters.